The Morgan fingerprint density at radius 1 is 0.956 bits per heavy atom. The number of hydrogen-bond donors (Lipinski definition) is 2. The van der Waals surface area contributed by atoms with Crippen molar-refractivity contribution < 1.29 is 38.1 Å². The van der Waals surface area contributed by atoms with Crippen molar-refractivity contribution >= 4 is 23.9 Å². The predicted octanol–water partition coefficient (Wildman–Crippen LogP) is 4.99. The summed E-state index contributed by atoms with van der Waals surface area (Å²) in [5.74, 6) is -1.17. The first-order chi connectivity index (χ1) is 21.1. The minimum absolute atomic E-state index is 0.0178. The molecule has 0 aliphatic rings. The normalized spacial score (nSPS) is 12.7. The molecule has 3 N–H and O–H groups in total. The minimum atomic E-state index is -1.00. The van der Waals surface area contributed by atoms with Gasteiger partial charge >= 0.3 is 12.1 Å². The first-order valence-corrected chi connectivity index (χ1v) is 15.2. The van der Waals surface area contributed by atoms with Gasteiger partial charge < -0.3 is 34.9 Å². The standard InChI is InChI=1S/C34H49N3O8/c1-22(2)29(36-33(41)44-21-24-13-10-9-11-14-24)31(39)37(30(23(3)4)32(40)45-34(5,6)7)20-25-16-17-26(19-27(25)42-8)43-18-12-15-28(35)38/h9-11,13-14,16-17,19,22-23,29-30H,12,15,18,20-21H2,1-8H3,(H2,35,38)(H,36,41)/t29-,30-/m0/s1. The third-order valence-electron chi connectivity index (χ3n) is 6.75. The van der Waals surface area contributed by atoms with E-state index in [2.05, 4.69) is 5.32 Å². The molecule has 0 unspecified atom stereocenters. The molecular weight excluding hydrogens is 578 g/mol. The molecule has 2 aromatic carbocycles. The molecule has 0 heterocycles. The summed E-state index contributed by atoms with van der Waals surface area (Å²) in [5, 5.41) is 2.72. The molecule has 0 aliphatic heterocycles. The van der Waals surface area contributed by atoms with Crippen molar-refractivity contribution in [2.75, 3.05) is 13.7 Å². The molecule has 0 saturated carbocycles. The number of primary amides is 1. The number of alkyl carbamates (subject to hydrolysis) is 1. The van der Waals surface area contributed by atoms with E-state index in [4.69, 9.17) is 24.7 Å². The summed E-state index contributed by atoms with van der Waals surface area (Å²) in [6, 6.07) is 12.4. The van der Waals surface area contributed by atoms with Crippen LogP contribution in [0.4, 0.5) is 4.79 Å². The quantitative estimate of drug-likeness (QED) is 0.196. The zero-order valence-corrected chi connectivity index (χ0v) is 27.8. The number of nitrogens with one attached hydrogen (secondary N) is 1. The molecular formula is C34H49N3O8. The van der Waals surface area contributed by atoms with Crippen molar-refractivity contribution in [3.05, 3.63) is 59.7 Å². The number of esters is 1. The number of hydrogen-bond acceptors (Lipinski definition) is 8. The van der Waals surface area contributed by atoms with E-state index < -0.39 is 41.6 Å². The Hall–Kier alpha value is -4.28. The average molecular weight is 628 g/mol. The van der Waals surface area contributed by atoms with E-state index in [0.29, 0.717) is 23.5 Å². The van der Waals surface area contributed by atoms with Gasteiger partial charge in [-0.05, 0) is 56.7 Å². The lowest BCUT2D eigenvalue weighted by atomic mass is 9.96. The molecule has 11 heteroatoms. The van der Waals surface area contributed by atoms with Crippen molar-refractivity contribution in [1.29, 1.82) is 0 Å². The summed E-state index contributed by atoms with van der Waals surface area (Å²) in [6.45, 7) is 12.9. The van der Waals surface area contributed by atoms with Crippen LogP contribution in [0.3, 0.4) is 0 Å². The summed E-state index contributed by atoms with van der Waals surface area (Å²) in [5.41, 5.74) is 5.83. The van der Waals surface area contributed by atoms with Crippen molar-refractivity contribution in [1.82, 2.24) is 10.2 Å². The number of amides is 3. The SMILES string of the molecule is COc1cc(OCCCC(N)=O)ccc1CN(C(=O)[C@@H](NC(=O)OCc1ccccc1)C(C)C)[C@H](C(=O)OC(C)(C)C)C(C)C. The molecule has 0 spiro atoms. The second kappa shape index (κ2) is 17.3. The van der Waals surface area contributed by atoms with Crippen LogP contribution in [0.25, 0.3) is 0 Å². The fourth-order valence-electron chi connectivity index (χ4n) is 4.58. The van der Waals surface area contributed by atoms with Crippen LogP contribution in [-0.2, 0) is 37.0 Å². The summed E-state index contributed by atoms with van der Waals surface area (Å²) in [6.07, 6.45) is -0.0803. The van der Waals surface area contributed by atoms with Crippen LogP contribution in [0.15, 0.2) is 48.5 Å². The second-order valence-corrected chi connectivity index (χ2v) is 12.5. The molecule has 3 amide bonds. The van der Waals surface area contributed by atoms with Gasteiger partial charge in [-0.2, -0.15) is 0 Å². The fourth-order valence-corrected chi connectivity index (χ4v) is 4.58. The highest BCUT2D eigenvalue weighted by molar-refractivity contribution is 5.90. The van der Waals surface area contributed by atoms with Crippen LogP contribution in [0.1, 0.15) is 72.4 Å². The van der Waals surface area contributed by atoms with E-state index in [1.165, 1.54) is 12.0 Å². The van der Waals surface area contributed by atoms with E-state index in [9.17, 15) is 19.2 Å². The molecule has 0 bridgehead atoms. The summed E-state index contributed by atoms with van der Waals surface area (Å²) in [4.78, 5) is 53.3. The maximum absolute atomic E-state index is 14.4. The Balaban J connectivity index is 2.41. The summed E-state index contributed by atoms with van der Waals surface area (Å²) < 4.78 is 22.6. The zero-order chi connectivity index (χ0) is 33.7. The van der Waals surface area contributed by atoms with Crippen molar-refractivity contribution in [3.8, 4) is 11.5 Å². The molecule has 2 rings (SSSR count). The van der Waals surface area contributed by atoms with Gasteiger partial charge in [-0.1, -0.05) is 58.0 Å². The maximum atomic E-state index is 14.4. The zero-order valence-electron chi connectivity index (χ0n) is 27.8. The van der Waals surface area contributed by atoms with Crippen molar-refractivity contribution in [2.24, 2.45) is 17.6 Å². The monoisotopic (exact) mass is 627 g/mol. The van der Waals surface area contributed by atoms with Crippen LogP contribution in [-0.4, -0.2) is 60.2 Å². The molecule has 2 aromatic rings. The highest BCUT2D eigenvalue weighted by Crippen LogP contribution is 2.29. The number of nitrogens with zero attached hydrogens (tertiary/aromatic N) is 1. The Labute approximate surface area is 266 Å². The molecule has 0 saturated heterocycles. The van der Waals surface area contributed by atoms with Gasteiger partial charge in [-0.25, -0.2) is 9.59 Å². The average Bonchev–Trinajstić information content (AvgIpc) is 2.96. The van der Waals surface area contributed by atoms with Gasteiger partial charge in [0.05, 0.1) is 20.3 Å². The van der Waals surface area contributed by atoms with E-state index in [1.54, 1.807) is 52.8 Å². The van der Waals surface area contributed by atoms with Crippen LogP contribution >= 0.6 is 0 Å². The molecule has 11 nitrogen and oxygen atoms in total. The van der Waals surface area contributed by atoms with Crippen LogP contribution in [0.2, 0.25) is 0 Å². The Morgan fingerprint density at radius 2 is 1.62 bits per heavy atom. The van der Waals surface area contributed by atoms with Crippen LogP contribution in [0, 0.1) is 11.8 Å². The molecule has 0 radical (unpaired) electrons. The Bertz CT molecular complexity index is 1270. The first kappa shape index (κ1) is 36.9. The van der Waals surface area contributed by atoms with E-state index in [0.717, 1.165) is 5.56 Å². The summed E-state index contributed by atoms with van der Waals surface area (Å²) >= 11 is 0. The fraction of sp³-hybridized carbons (Fsp3) is 0.529. The Kier molecular flexibility index (Phi) is 14.2. The Morgan fingerprint density at radius 3 is 2.18 bits per heavy atom. The molecule has 45 heavy (non-hydrogen) atoms. The van der Waals surface area contributed by atoms with Gasteiger partial charge in [-0.3, -0.25) is 9.59 Å². The van der Waals surface area contributed by atoms with Gasteiger partial charge in [0.25, 0.3) is 0 Å². The number of carbonyl (C=O) groups excluding carboxylic acids is 4. The van der Waals surface area contributed by atoms with E-state index >= 15 is 0 Å². The summed E-state index contributed by atoms with van der Waals surface area (Å²) in [7, 11) is 1.50. The van der Waals surface area contributed by atoms with Gasteiger partial charge in [0.15, 0.2) is 0 Å². The maximum Gasteiger partial charge on any atom is 0.408 e. The van der Waals surface area contributed by atoms with Crippen LogP contribution in [0.5, 0.6) is 11.5 Å². The number of rotatable bonds is 16. The molecule has 2 atom stereocenters. The number of methoxy groups -OCH3 is 1. The smallest absolute Gasteiger partial charge is 0.408 e. The number of carbonyl (C=O) groups is 4. The molecule has 0 fully saturated rings. The van der Waals surface area contributed by atoms with Gasteiger partial charge in [0.1, 0.15) is 35.8 Å². The topological polar surface area (TPSA) is 146 Å². The van der Waals surface area contributed by atoms with Crippen molar-refractivity contribution in [3.63, 3.8) is 0 Å². The molecule has 0 aromatic heterocycles. The number of ether oxygens (including phenoxy) is 4. The van der Waals surface area contributed by atoms with E-state index in [1.807, 2.05) is 44.2 Å². The second-order valence-electron chi connectivity index (χ2n) is 12.5. The first-order valence-electron chi connectivity index (χ1n) is 15.2. The van der Waals surface area contributed by atoms with Gasteiger partial charge in [0, 0.05) is 18.1 Å². The minimum Gasteiger partial charge on any atom is -0.496 e. The third kappa shape index (κ3) is 12.3. The number of nitrogens with two attached hydrogens (primary N) is 1. The van der Waals surface area contributed by atoms with E-state index in [-0.39, 0.29) is 38.0 Å². The predicted molar refractivity (Wildman–Crippen MR) is 170 cm³/mol. The lowest BCUT2D eigenvalue weighted by Gasteiger charge is -2.37. The molecule has 248 valence electrons. The molecule has 0 aliphatic carbocycles. The van der Waals surface area contributed by atoms with Crippen molar-refractivity contribution in [2.45, 2.75) is 92.1 Å². The van der Waals surface area contributed by atoms with Gasteiger partial charge in [-0.15, -0.1) is 0 Å². The third-order valence-corrected chi connectivity index (χ3v) is 6.75. The highest BCUT2D eigenvalue weighted by Gasteiger charge is 2.40. The van der Waals surface area contributed by atoms with Gasteiger partial charge in [0.2, 0.25) is 11.8 Å². The lowest BCUT2D eigenvalue weighted by molar-refractivity contribution is -0.168. The number of benzene rings is 2. The van der Waals surface area contributed by atoms with Crippen LogP contribution < -0.4 is 20.5 Å². The highest BCUT2D eigenvalue weighted by atomic mass is 16.6. The largest absolute Gasteiger partial charge is 0.496 e. The lowest BCUT2D eigenvalue weighted by Crippen LogP contribution is -2.57.